The lowest BCUT2D eigenvalue weighted by Crippen LogP contribution is -2.16. The molecule has 0 unspecified atom stereocenters. The van der Waals surface area contributed by atoms with Crippen LogP contribution in [0.15, 0.2) is 18.2 Å². The first-order valence-electron chi connectivity index (χ1n) is 9.11. The number of Topliss-reactive ketones (excluding diaryl/α,β-unsaturated/α-hetero) is 2. The van der Waals surface area contributed by atoms with Crippen LogP contribution in [0, 0.1) is 5.92 Å². The third-order valence-electron chi connectivity index (χ3n) is 4.16. The van der Waals surface area contributed by atoms with Crippen LogP contribution in [0.4, 0.5) is 5.69 Å². The van der Waals surface area contributed by atoms with Crippen molar-refractivity contribution < 1.29 is 9.59 Å². The highest BCUT2D eigenvalue weighted by Crippen LogP contribution is 2.24. The van der Waals surface area contributed by atoms with Crippen LogP contribution in [-0.2, 0) is 0 Å². The van der Waals surface area contributed by atoms with Gasteiger partial charge in [0, 0.05) is 23.7 Å². The molecule has 4 heteroatoms. The molecule has 134 valence electrons. The summed E-state index contributed by atoms with van der Waals surface area (Å²) in [6, 6.07) is 5.47. The molecule has 0 aliphatic rings. The van der Waals surface area contributed by atoms with Crippen molar-refractivity contribution in [1.82, 2.24) is 0 Å². The third kappa shape index (κ3) is 6.44. The van der Waals surface area contributed by atoms with E-state index in [1.165, 1.54) is 26.2 Å². The molecule has 0 atom stereocenters. The molecular weight excluding hydrogens is 300 g/mol. The molecule has 4 nitrogen and oxygen atoms in total. The summed E-state index contributed by atoms with van der Waals surface area (Å²) < 4.78 is 0. The average Bonchev–Trinajstić information content (AvgIpc) is 2.56. The van der Waals surface area contributed by atoms with E-state index >= 15 is 0 Å². The number of benzene rings is 1. The van der Waals surface area contributed by atoms with Crippen molar-refractivity contribution in [3.05, 3.63) is 29.3 Å². The first-order valence-corrected chi connectivity index (χ1v) is 9.11. The molecule has 0 fully saturated rings. The molecule has 0 radical (unpaired) electrons. The second kappa shape index (κ2) is 11.0. The van der Waals surface area contributed by atoms with E-state index in [1.807, 2.05) is 26.0 Å². The highest BCUT2D eigenvalue weighted by atomic mass is 16.1. The summed E-state index contributed by atoms with van der Waals surface area (Å²) in [5.41, 5.74) is 7.33. The molecular formula is C20H32N2O2. The Kier molecular flexibility index (Phi) is 9.31. The van der Waals surface area contributed by atoms with Crippen molar-refractivity contribution in [2.45, 2.75) is 59.3 Å². The number of hydrogen-bond acceptors (Lipinski definition) is 4. The smallest absolute Gasteiger partial charge is 0.168 e. The van der Waals surface area contributed by atoms with Crippen LogP contribution in [0.1, 0.15) is 80.0 Å². The Labute approximate surface area is 146 Å². The van der Waals surface area contributed by atoms with Gasteiger partial charge in [0.15, 0.2) is 11.6 Å². The van der Waals surface area contributed by atoms with E-state index in [2.05, 4.69) is 5.32 Å². The van der Waals surface area contributed by atoms with E-state index in [1.54, 1.807) is 6.07 Å². The lowest BCUT2D eigenvalue weighted by atomic mass is 9.93. The highest BCUT2D eigenvalue weighted by Gasteiger charge is 2.20. The second-order valence-corrected chi connectivity index (χ2v) is 6.64. The molecule has 0 aliphatic heterocycles. The minimum absolute atomic E-state index is 0.0186. The maximum Gasteiger partial charge on any atom is 0.168 e. The van der Waals surface area contributed by atoms with Crippen LogP contribution in [0.5, 0.6) is 0 Å². The minimum atomic E-state index is -0.131. The number of anilines is 1. The van der Waals surface area contributed by atoms with E-state index in [9.17, 15) is 9.59 Å². The van der Waals surface area contributed by atoms with Gasteiger partial charge in [-0.25, -0.2) is 0 Å². The van der Waals surface area contributed by atoms with Crippen LogP contribution >= 0.6 is 0 Å². The minimum Gasteiger partial charge on any atom is -0.384 e. The van der Waals surface area contributed by atoms with E-state index in [4.69, 9.17) is 5.73 Å². The third-order valence-corrected chi connectivity index (χ3v) is 4.16. The first-order chi connectivity index (χ1) is 11.5. The van der Waals surface area contributed by atoms with E-state index < -0.39 is 0 Å². The lowest BCUT2D eigenvalue weighted by Gasteiger charge is -2.16. The van der Waals surface area contributed by atoms with Crippen LogP contribution < -0.4 is 11.1 Å². The molecule has 1 rings (SSSR count). The largest absolute Gasteiger partial charge is 0.384 e. The predicted octanol–water partition coefficient (Wildman–Crippen LogP) is 4.44. The molecule has 3 N–H and O–H groups in total. The summed E-state index contributed by atoms with van der Waals surface area (Å²) in [6.07, 6.45) is 6.98. The van der Waals surface area contributed by atoms with Gasteiger partial charge in [-0.15, -0.1) is 0 Å². The molecule has 0 heterocycles. The number of hydrogen-bond donors (Lipinski definition) is 2. The summed E-state index contributed by atoms with van der Waals surface area (Å²) in [5, 5.41) is 3.35. The van der Waals surface area contributed by atoms with Crippen molar-refractivity contribution in [3.63, 3.8) is 0 Å². The number of carbonyl (C=O) groups is 2. The zero-order valence-corrected chi connectivity index (χ0v) is 15.4. The Morgan fingerprint density at radius 3 is 2.25 bits per heavy atom. The van der Waals surface area contributed by atoms with Gasteiger partial charge in [-0.1, -0.05) is 51.7 Å². The number of ketones is 2. The average molecular weight is 332 g/mol. The van der Waals surface area contributed by atoms with Crippen LogP contribution in [-0.4, -0.2) is 24.7 Å². The molecule has 0 aliphatic carbocycles. The predicted molar refractivity (Wildman–Crippen MR) is 101 cm³/mol. The Morgan fingerprint density at radius 1 is 1.04 bits per heavy atom. The van der Waals surface area contributed by atoms with Gasteiger partial charge in [0.2, 0.25) is 0 Å². The fraction of sp³-hybridized carbons (Fsp3) is 0.600. The zero-order chi connectivity index (χ0) is 17.9. The van der Waals surface area contributed by atoms with Crippen LogP contribution in [0.3, 0.4) is 0 Å². The number of nitrogens with one attached hydrogen (secondary N) is 1. The topological polar surface area (TPSA) is 72.2 Å². The second-order valence-electron chi connectivity index (χ2n) is 6.64. The number of rotatable bonds is 12. The molecule has 0 bridgehead atoms. The fourth-order valence-corrected chi connectivity index (χ4v) is 2.75. The number of unbranched alkanes of at least 4 members (excludes halogenated alkanes) is 5. The molecule has 0 spiro atoms. The first kappa shape index (κ1) is 20.4. The van der Waals surface area contributed by atoms with Crippen molar-refractivity contribution >= 4 is 17.3 Å². The summed E-state index contributed by atoms with van der Waals surface area (Å²) in [7, 11) is 0. The Hall–Kier alpha value is -1.68. The normalized spacial score (nSPS) is 10.9. The van der Waals surface area contributed by atoms with Gasteiger partial charge in [-0.3, -0.25) is 9.59 Å². The summed E-state index contributed by atoms with van der Waals surface area (Å²) >= 11 is 0. The van der Waals surface area contributed by atoms with Gasteiger partial charge in [0.25, 0.3) is 0 Å². The van der Waals surface area contributed by atoms with Crippen molar-refractivity contribution in [1.29, 1.82) is 0 Å². The summed E-state index contributed by atoms with van der Waals surface area (Å²) in [4.78, 5) is 24.4. The maximum atomic E-state index is 12.5. The Bertz CT molecular complexity index is 538. The number of carbonyl (C=O) groups excluding carboxylic acids is 2. The summed E-state index contributed by atoms with van der Waals surface area (Å²) in [6.45, 7) is 6.84. The van der Waals surface area contributed by atoms with E-state index in [0.29, 0.717) is 11.1 Å². The molecule has 0 saturated carbocycles. The van der Waals surface area contributed by atoms with Gasteiger partial charge in [0.1, 0.15) is 0 Å². The van der Waals surface area contributed by atoms with Crippen molar-refractivity contribution in [2.75, 3.05) is 18.4 Å². The van der Waals surface area contributed by atoms with Crippen molar-refractivity contribution in [3.8, 4) is 0 Å². The van der Waals surface area contributed by atoms with Crippen LogP contribution in [0.2, 0.25) is 0 Å². The van der Waals surface area contributed by atoms with Gasteiger partial charge in [-0.05, 0) is 32.4 Å². The molecule has 0 amide bonds. The zero-order valence-electron chi connectivity index (χ0n) is 15.4. The molecule has 0 saturated heterocycles. The fourth-order valence-electron chi connectivity index (χ4n) is 2.75. The highest BCUT2D eigenvalue weighted by molar-refractivity contribution is 6.12. The Balaban J connectivity index is 2.63. The monoisotopic (exact) mass is 332 g/mol. The molecule has 1 aromatic rings. The van der Waals surface area contributed by atoms with Crippen LogP contribution in [0.25, 0.3) is 0 Å². The lowest BCUT2D eigenvalue weighted by molar-refractivity contribution is 0.0927. The molecule has 1 aromatic carbocycles. The molecule has 24 heavy (non-hydrogen) atoms. The van der Waals surface area contributed by atoms with Gasteiger partial charge < -0.3 is 11.1 Å². The van der Waals surface area contributed by atoms with Gasteiger partial charge in [0.05, 0.1) is 5.56 Å². The summed E-state index contributed by atoms with van der Waals surface area (Å²) in [5.74, 6) is -0.179. The van der Waals surface area contributed by atoms with Gasteiger partial charge >= 0.3 is 0 Å². The van der Waals surface area contributed by atoms with Crippen molar-refractivity contribution in [2.24, 2.45) is 11.7 Å². The number of nitrogens with two attached hydrogens (primary N) is 1. The maximum absolute atomic E-state index is 12.5. The van der Waals surface area contributed by atoms with E-state index in [-0.39, 0.29) is 17.5 Å². The Morgan fingerprint density at radius 2 is 1.67 bits per heavy atom. The quantitative estimate of drug-likeness (QED) is 0.438. The standard InChI is InChI=1S/C20H32N2O2/c1-15(2)20(24)19-17(16(3)23)11-10-12-18(19)22-14-9-7-5-4-6-8-13-21/h10-12,15,22H,4-9,13-14,21H2,1-3H3. The SMILES string of the molecule is CC(=O)c1cccc(NCCCCCCCCN)c1C(=O)C(C)C. The van der Waals surface area contributed by atoms with Gasteiger partial charge in [-0.2, -0.15) is 0 Å². The molecule has 0 aromatic heterocycles. The van der Waals surface area contributed by atoms with E-state index in [0.717, 1.165) is 38.0 Å².